The number of carbonyl (C=O) groups excluding carboxylic acids is 3. The first-order chi connectivity index (χ1) is 22.6. The van der Waals surface area contributed by atoms with Crippen LogP contribution in [0.3, 0.4) is 0 Å². The average Bonchev–Trinajstić information content (AvgIpc) is 3.64. The SMILES string of the molecule is O=C(N[C@H]1CCC[C@H]2CC[C@@H](C(=O)N3CC(c4cncnc4N4CCOCC4)C3)N2C1=O)c1cc2cc([C@@H](F)P(=O)(O)O)ccc2s1. The summed E-state index contributed by atoms with van der Waals surface area (Å²) >= 11 is 1.14. The number of hydrogen-bond donors (Lipinski definition) is 3. The normalized spacial score (nSPS) is 24.5. The molecule has 3 N–H and O–H groups in total. The quantitative estimate of drug-likeness (QED) is 0.315. The molecule has 0 spiro atoms. The zero-order valence-corrected chi connectivity index (χ0v) is 27.2. The minimum atomic E-state index is -4.98. The Bertz CT molecular complexity index is 1740. The van der Waals surface area contributed by atoms with Crippen LogP contribution in [0, 0.1) is 0 Å². The van der Waals surface area contributed by atoms with Gasteiger partial charge in [-0.3, -0.25) is 18.9 Å². The molecule has 250 valence electrons. The molecule has 3 aromatic rings. The van der Waals surface area contributed by atoms with Crippen LogP contribution in [-0.4, -0.2) is 105 Å². The van der Waals surface area contributed by atoms with Crippen molar-refractivity contribution in [2.75, 3.05) is 44.3 Å². The zero-order chi connectivity index (χ0) is 32.9. The third-order valence-corrected chi connectivity index (χ3v) is 11.7. The Morgan fingerprint density at radius 3 is 2.66 bits per heavy atom. The van der Waals surface area contributed by atoms with Crippen molar-refractivity contribution in [2.24, 2.45) is 0 Å². The van der Waals surface area contributed by atoms with E-state index in [1.807, 2.05) is 6.20 Å². The molecule has 1 aromatic carbocycles. The summed E-state index contributed by atoms with van der Waals surface area (Å²) in [5.74, 6) is -2.27. The lowest BCUT2D eigenvalue weighted by Crippen LogP contribution is -2.58. The van der Waals surface area contributed by atoms with Gasteiger partial charge in [-0.05, 0) is 61.3 Å². The number of alkyl halides is 1. The molecule has 16 heteroatoms. The second-order valence-corrected chi connectivity index (χ2v) is 15.3. The summed E-state index contributed by atoms with van der Waals surface area (Å²) < 4.78 is 31.8. The molecule has 4 aliphatic rings. The second-order valence-electron chi connectivity index (χ2n) is 12.6. The first kappa shape index (κ1) is 32.1. The van der Waals surface area contributed by atoms with Gasteiger partial charge in [-0.1, -0.05) is 6.07 Å². The number of morpholine rings is 1. The van der Waals surface area contributed by atoms with Crippen LogP contribution in [0.15, 0.2) is 36.8 Å². The summed E-state index contributed by atoms with van der Waals surface area (Å²) in [4.78, 5) is 74.3. The Hall–Kier alpha value is -3.49. The Morgan fingerprint density at radius 2 is 1.89 bits per heavy atom. The van der Waals surface area contributed by atoms with Crippen LogP contribution < -0.4 is 10.2 Å². The molecule has 4 atom stereocenters. The molecule has 0 aliphatic carbocycles. The fourth-order valence-corrected chi connectivity index (χ4v) is 8.71. The largest absolute Gasteiger partial charge is 0.378 e. The van der Waals surface area contributed by atoms with Crippen molar-refractivity contribution < 1.29 is 37.9 Å². The van der Waals surface area contributed by atoms with Gasteiger partial charge in [0.05, 0.1) is 18.1 Å². The number of likely N-dealkylation sites (tertiary alicyclic amines) is 1. The van der Waals surface area contributed by atoms with Gasteiger partial charge in [-0.25, -0.2) is 14.4 Å². The molecule has 7 rings (SSSR count). The molecule has 13 nitrogen and oxygen atoms in total. The molecule has 2 aromatic heterocycles. The number of benzene rings is 1. The van der Waals surface area contributed by atoms with E-state index in [4.69, 9.17) is 4.74 Å². The maximum absolute atomic E-state index is 14.3. The Morgan fingerprint density at radius 1 is 1.11 bits per heavy atom. The van der Waals surface area contributed by atoms with Gasteiger partial charge in [0.25, 0.3) is 5.91 Å². The van der Waals surface area contributed by atoms with Crippen molar-refractivity contribution in [3.63, 3.8) is 0 Å². The Balaban J connectivity index is 1.01. The summed E-state index contributed by atoms with van der Waals surface area (Å²) in [6.45, 7) is 3.83. The van der Waals surface area contributed by atoms with Gasteiger partial charge >= 0.3 is 7.60 Å². The van der Waals surface area contributed by atoms with E-state index in [0.29, 0.717) is 54.1 Å². The fraction of sp³-hybridized carbons (Fsp3) is 0.516. The molecule has 0 unspecified atom stereocenters. The smallest absolute Gasteiger partial charge is 0.363 e. The lowest BCUT2D eigenvalue weighted by Gasteiger charge is -2.43. The van der Waals surface area contributed by atoms with Crippen LogP contribution in [0.2, 0.25) is 0 Å². The average molecular weight is 687 g/mol. The molecule has 4 saturated heterocycles. The predicted octanol–water partition coefficient (Wildman–Crippen LogP) is 2.94. The van der Waals surface area contributed by atoms with Crippen LogP contribution in [0.1, 0.15) is 64.7 Å². The molecule has 3 amide bonds. The van der Waals surface area contributed by atoms with Crippen molar-refractivity contribution >= 4 is 52.6 Å². The summed E-state index contributed by atoms with van der Waals surface area (Å²) in [6.07, 6.45) is 6.61. The molecule has 47 heavy (non-hydrogen) atoms. The van der Waals surface area contributed by atoms with Crippen LogP contribution >= 0.6 is 18.9 Å². The van der Waals surface area contributed by atoms with Crippen LogP contribution in [0.4, 0.5) is 10.2 Å². The number of carbonyl (C=O) groups is 3. The third-order valence-electron chi connectivity index (χ3n) is 9.67. The van der Waals surface area contributed by atoms with Crippen molar-refractivity contribution in [1.29, 1.82) is 0 Å². The summed E-state index contributed by atoms with van der Waals surface area (Å²) in [5, 5.41) is 3.34. The summed E-state index contributed by atoms with van der Waals surface area (Å²) in [7, 11) is -4.98. The minimum absolute atomic E-state index is 0.0590. The number of hydrogen-bond acceptors (Lipinski definition) is 9. The van der Waals surface area contributed by atoms with E-state index in [-0.39, 0.29) is 29.3 Å². The first-order valence-electron chi connectivity index (χ1n) is 15.9. The van der Waals surface area contributed by atoms with E-state index < -0.39 is 31.5 Å². The first-order valence-corrected chi connectivity index (χ1v) is 18.4. The lowest BCUT2D eigenvalue weighted by atomic mass is 9.91. The highest BCUT2D eigenvalue weighted by molar-refractivity contribution is 7.51. The molecule has 6 heterocycles. The third kappa shape index (κ3) is 6.27. The van der Waals surface area contributed by atoms with E-state index >= 15 is 0 Å². The van der Waals surface area contributed by atoms with E-state index in [1.54, 1.807) is 16.1 Å². The van der Waals surface area contributed by atoms with Crippen LogP contribution in [0.25, 0.3) is 10.1 Å². The van der Waals surface area contributed by atoms with E-state index in [9.17, 15) is 33.1 Å². The van der Waals surface area contributed by atoms with Crippen molar-refractivity contribution in [3.05, 3.63) is 52.8 Å². The molecular formula is C31H36FN6O7PS. The standard InChI is InChI=1S/C31H36FN6O7PS/c32-27(46(42,43)44)18-4-7-25-19(12-18)13-26(47-25)29(39)35-23-3-1-2-21-5-6-24(38(21)30(23)40)31(41)37-15-20(16-37)22-14-33-17-34-28(22)36-8-10-45-11-9-36/h4,7,12-14,17,20-21,23-24,27H,1-3,5-6,8-11,15-16H2,(H,35,39)(H2,42,43,44)/t21-,23-,24-,27-/m0/s1. The number of halogens is 1. The number of aromatic nitrogens is 2. The summed E-state index contributed by atoms with van der Waals surface area (Å²) in [6, 6.07) is 4.22. The van der Waals surface area contributed by atoms with Crippen LogP contribution in [0.5, 0.6) is 0 Å². The predicted molar refractivity (Wildman–Crippen MR) is 171 cm³/mol. The fourth-order valence-electron chi connectivity index (χ4n) is 7.21. The van der Waals surface area contributed by atoms with Gasteiger partial charge in [0.15, 0.2) is 0 Å². The van der Waals surface area contributed by atoms with Crippen LogP contribution in [-0.2, 0) is 18.9 Å². The monoisotopic (exact) mass is 686 g/mol. The van der Waals surface area contributed by atoms with Gasteiger partial charge in [-0.15, -0.1) is 11.3 Å². The van der Waals surface area contributed by atoms with Gasteiger partial charge in [0.1, 0.15) is 24.2 Å². The maximum atomic E-state index is 14.3. The lowest BCUT2D eigenvalue weighted by molar-refractivity contribution is -0.148. The minimum Gasteiger partial charge on any atom is -0.378 e. The topological polar surface area (TPSA) is 165 Å². The molecule has 0 saturated carbocycles. The van der Waals surface area contributed by atoms with E-state index in [2.05, 4.69) is 20.2 Å². The molecule has 0 radical (unpaired) electrons. The number of rotatable bonds is 7. The van der Waals surface area contributed by atoms with Crippen molar-refractivity contribution in [1.82, 2.24) is 25.1 Å². The van der Waals surface area contributed by atoms with Crippen molar-refractivity contribution in [3.8, 4) is 0 Å². The number of amides is 3. The number of fused-ring (bicyclic) bond motifs is 2. The molecule has 4 aliphatic heterocycles. The maximum Gasteiger partial charge on any atom is 0.363 e. The van der Waals surface area contributed by atoms with Gasteiger partial charge in [0.2, 0.25) is 17.7 Å². The number of anilines is 1. The number of nitrogens with zero attached hydrogens (tertiary/aromatic N) is 5. The highest BCUT2D eigenvalue weighted by Crippen LogP contribution is 2.53. The number of thiophene rings is 1. The molecule has 4 fully saturated rings. The summed E-state index contributed by atoms with van der Waals surface area (Å²) in [5.41, 5.74) is 0.841. The van der Waals surface area contributed by atoms with Crippen molar-refractivity contribution in [2.45, 2.75) is 62.1 Å². The highest BCUT2D eigenvalue weighted by Gasteiger charge is 2.48. The Kier molecular flexibility index (Phi) is 8.77. The zero-order valence-electron chi connectivity index (χ0n) is 25.5. The van der Waals surface area contributed by atoms with Gasteiger partial charge in [0, 0.05) is 54.6 Å². The van der Waals surface area contributed by atoms with E-state index in [0.717, 1.165) is 55.1 Å². The van der Waals surface area contributed by atoms with Gasteiger partial charge < -0.3 is 34.5 Å². The Labute approximate surface area is 274 Å². The number of ether oxygens (including phenoxy) is 1. The molecule has 0 bridgehead atoms. The second kappa shape index (κ2) is 12.8. The molecular weight excluding hydrogens is 650 g/mol. The highest BCUT2D eigenvalue weighted by atomic mass is 32.1. The van der Waals surface area contributed by atoms with E-state index in [1.165, 1.54) is 24.3 Å². The number of nitrogens with one attached hydrogen (secondary N) is 1. The van der Waals surface area contributed by atoms with Gasteiger partial charge in [-0.2, -0.15) is 0 Å².